The number of halogens is 1. The second kappa shape index (κ2) is 9.73. The molecule has 1 heterocycles. The highest BCUT2D eigenvalue weighted by molar-refractivity contribution is 7.99. The minimum absolute atomic E-state index is 0.115. The summed E-state index contributed by atoms with van der Waals surface area (Å²) >= 11 is 7.34. The highest BCUT2D eigenvalue weighted by Gasteiger charge is 2.15. The quantitative estimate of drug-likeness (QED) is 0.663. The van der Waals surface area contributed by atoms with Crippen molar-refractivity contribution in [1.29, 1.82) is 10.5 Å². The molecule has 0 unspecified atom stereocenters. The van der Waals surface area contributed by atoms with Crippen LogP contribution in [0.25, 0.3) is 5.69 Å². The van der Waals surface area contributed by atoms with E-state index >= 15 is 0 Å². The van der Waals surface area contributed by atoms with E-state index < -0.39 is 0 Å². The fraction of sp³-hybridized carbons (Fsp3) is 0.294. The zero-order valence-corrected chi connectivity index (χ0v) is 15.0. The van der Waals surface area contributed by atoms with Gasteiger partial charge in [0.1, 0.15) is 0 Å². The summed E-state index contributed by atoms with van der Waals surface area (Å²) < 4.78 is 1.86. The average molecular weight is 374 g/mol. The minimum Gasteiger partial charge on any atom is -0.340 e. The molecular formula is C17H16ClN5OS. The van der Waals surface area contributed by atoms with Gasteiger partial charge in [0.05, 0.1) is 30.7 Å². The lowest BCUT2D eigenvalue weighted by Crippen LogP contribution is -2.34. The summed E-state index contributed by atoms with van der Waals surface area (Å²) in [5, 5.41) is 18.7. The predicted octanol–water partition coefficient (Wildman–Crippen LogP) is 3.27. The number of rotatable bonds is 8. The van der Waals surface area contributed by atoms with E-state index in [1.54, 1.807) is 17.2 Å². The third kappa shape index (κ3) is 5.53. The van der Waals surface area contributed by atoms with Crippen LogP contribution in [0.4, 0.5) is 0 Å². The summed E-state index contributed by atoms with van der Waals surface area (Å²) in [5.41, 5.74) is 0.866. The predicted molar refractivity (Wildman–Crippen MR) is 96.3 cm³/mol. The molecule has 0 saturated carbocycles. The highest BCUT2D eigenvalue weighted by atomic mass is 35.5. The summed E-state index contributed by atoms with van der Waals surface area (Å²) in [5.74, 6) is 0.0742. The minimum atomic E-state index is -0.115. The van der Waals surface area contributed by atoms with Crippen molar-refractivity contribution in [2.45, 2.75) is 18.0 Å². The van der Waals surface area contributed by atoms with Crippen molar-refractivity contribution in [2.75, 3.05) is 18.8 Å². The van der Waals surface area contributed by atoms with Gasteiger partial charge in [0, 0.05) is 36.2 Å². The molecule has 8 heteroatoms. The molecule has 2 aromatic rings. The van der Waals surface area contributed by atoms with Gasteiger partial charge in [0.25, 0.3) is 0 Å². The first-order valence-electron chi connectivity index (χ1n) is 7.59. The van der Waals surface area contributed by atoms with E-state index in [0.29, 0.717) is 23.3 Å². The van der Waals surface area contributed by atoms with E-state index in [1.807, 2.05) is 41.1 Å². The molecule has 1 amide bonds. The van der Waals surface area contributed by atoms with Gasteiger partial charge in [-0.05, 0) is 18.2 Å². The van der Waals surface area contributed by atoms with Gasteiger partial charge in [-0.3, -0.25) is 9.36 Å². The van der Waals surface area contributed by atoms with E-state index in [9.17, 15) is 4.79 Å². The van der Waals surface area contributed by atoms with Gasteiger partial charge in [-0.2, -0.15) is 10.5 Å². The number of imidazole rings is 1. The summed E-state index contributed by atoms with van der Waals surface area (Å²) in [7, 11) is 0. The number of carbonyl (C=O) groups is 1. The molecule has 0 saturated heterocycles. The maximum atomic E-state index is 12.4. The number of nitrogens with zero attached hydrogens (tertiary/aromatic N) is 5. The molecule has 1 aromatic carbocycles. The molecule has 0 bridgehead atoms. The molecule has 25 heavy (non-hydrogen) atoms. The summed E-state index contributed by atoms with van der Waals surface area (Å²) in [4.78, 5) is 18.2. The number of hydrogen-bond acceptors (Lipinski definition) is 5. The number of amides is 1. The molecule has 0 fully saturated rings. The summed E-state index contributed by atoms with van der Waals surface area (Å²) in [6, 6.07) is 11.4. The van der Waals surface area contributed by atoms with Crippen LogP contribution in [-0.2, 0) is 4.79 Å². The van der Waals surface area contributed by atoms with Gasteiger partial charge in [-0.25, -0.2) is 4.98 Å². The van der Waals surface area contributed by atoms with Crippen LogP contribution in [0.3, 0.4) is 0 Å². The Morgan fingerprint density at radius 3 is 2.64 bits per heavy atom. The molecule has 0 radical (unpaired) electrons. The molecular weight excluding hydrogens is 358 g/mol. The molecule has 6 nitrogen and oxygen atoms in total. The van der Waals surface area contributed by atoms with Crippen LogP contribution in [0.15, 0.2) is 41.8 Å². The molecule has 1 aromatic heterocycles. The Morgan fingerprint density at radius 1 is 1.28 bits per heavy atom. The smallest absolute Gasteiger partial charge is 0.233 e. The van der Waals surface area contributed by atoms with Gasteiger partial charge < -0.3 is 4.90 Å². The number of benzene rings is 1. The van der Waals surface area contributed by atoms with E-state index in [1.165, 1.54) is 11.8 Å². The van der Waals surface area contributed by atoms with E-state index in [0.717, 1.165) is 5.69 Å². The number of aromatic nitrogens is 2. The lowest BCUT2D eigenvalue weighted by molar-refractivity contribution is -0.128. The Bertz CT molecular complexity index is 790. The number of hydrogen-bond donors (Lipinski definition) is 0. The summed E-state index contributed by atoms with van der Waals surface area (Å²) in [6.45, 7) is 0.667. The fourth-order valence-electron chi connectivity index (χ4n) is 2.17. The maximum absolute atomic E-state index is 12.4. The average Bonchev–Trinajstić information content (AvgIpc) is 3.08. The van der Waals surface area contributed by atoms with Crippen molar-refractivity contribution in [3.05, 3.63) is 41.7 Å². The number of thioether (sulfide) groups is 1. The molecule has 128 valence electrons. The highest BCUT2D eigenvalue weighted by Crippen LogP contribution is 2.22. The van der Waals surface area contributed by atoms with Crippen LogP contribution in [-0.4, -0.2) is 39.2 Å². The lowest BCUT2D eigenvalue weighted by Gasteiger charge is -2.20. The first-order chi connectivity index (χ1) is 12.2. The standard InChI is InChI=1S/C17H16ClN5OS/c18-14-4-1-5-15(12-14)23-11-8-21-17(23)25-13-16(24)22(9-2-6-19)10-3-7-20/h1,4-5,8,11-12H,2-3,9-10,13H2. The molecule has 0 aliphatic rings. The second-order valence-corrected chi connectivity index (χ2v) is 6.42. The van der Waals surface area contributed by atoms with E-state index in [4.69, 9.17) is 22.1 Å². The van der Waals surface area contributed by atoms with Crippen molar-refractivity contribution in [3.63, 3.8) is 0 Å². The first kappa shape index (κ1) is 18.9. The Balaban J connectivity index is 2.03. The first-order valence-corrected chi connectivity index (χ1v) is 8.96. The van der Waals surface area contributed by atoms with Crippen LogP contribution in [0.2, 0.25) is 5.02 Å². The third-order valence-corrected chi connectivity index (χ3v) is 4.54. The van der Waals surface area contributed by atoms with E-state index in [2.05, 4.69) is 4.98 Å². The van der Waals surface area contributed by atoms with Crippen LogP contribution >= 0.6 is 23.4 Å². The lowest BCUT2D eigenvalue weighted by atomic mass is 10.3. The molecule has 0 aliphatic heterocycles. The van der Waals surface area contributed by atoms with Crippen LogP contribution < -0.4 is 0 Å². The van der Waals surface area contributed by atoms with E-state index in [-0.39, 0.29) is 24.5 Å². The van der Waals surface area contributed by atoms with Crippen LogP contribution in [0.5, 0.6) is 0 Å². The molecule has 2 rings (SSSR count). The van der Waals surface area contributed by atoms with Gasteiger partial charge >= 0.3 is 0 Å². The Morgan fingerprint density at radius 2 is 2.00 bits per heavy atom. The third-order valence-electron chi connectivity index (χ3n) is 3.36. The summed E-state index contributed by atoms with van der Waals surface area (Å²) in [6.07, 6.45) is 3.97. The Hall–Kier alpha value is -2.48. The van der Waals surface area contributed by atoms with Crippen LogP contribution in [0.1, 0.15) is 12.8 Å². The second-order valence-electron chi connectivity index (χ2n) is 5.05. The van der Waals surface area contributed by atoms with Crippen molar-refractivity contribution in [1.82, 2.24) is 14.5 Å². The van der Waals surface area contributed by atoms with Crippen LogP contribution in [0, 0.1) is 22.7 Å². The van der Waals surface area contributed by atoms with Gasteiger partial charge in [-0.1, -0.05) is 29.4 Å². The Labute approximate surface area is 155 Å². The number of nitriles is 2. The Kier molecular flexibility index (Phi) is 7.34. The molecule has 0 spiro atoms. The zero-order chi connectivity index (χ0) is 18.1. The molecule has 0 aliphatic carbocycles. The largest absolute Gasteiger partial charge is 0.340 e. The topological polar surface area (TPSA) is 85.7 Å². The monoisotopic (exact) mass is 373 g/mol. The zero-order valence-electron chi connectivity index (χ0n) is 13.4. The van der Waals surface area contributed by atoms with Crippen molar-refractivity contribution >= 4 is 29.3 Å². The number of carbonyl (C=O) groups excluding carboxylic acids is 1. The fourth-order valence-corrected chi connectivity index (χ4v) is 3.23. The normalized spacial score (nSPS) is 10.0. The van der Waals surface area contributed by atoms with Crippen molar-refractivity contribution in [2.24, 2.45) is 0 Å². The van der Waals surface area contributed by atoms with Gasteiger partial charge in [-0.15, -0.1) is 0 Å². The maximum Gasteiger partial charge on any atom is 0.233 e. The van der Waals surface area contributed by atoms with Crippen molar-refractivity contribution in [3.8, 4) is 17.8 Å². The van der Waals surface area contributed by atoms with Gasteiger partial charge in [0.15, 0.2) is 5.16 Å². The van der Waals surface area contributed by atoms with Gasteiger partial charge in [0.2, 0.25) is 5.91 Å². The van der Waals surface area contributed by atoms with Crippen molar-refractivity contribution < 1.29 is 4.79 Å². The molecule has 0 atom stereocenters. The molecule has 0 N–H and O–H groups in total. The SMILES string of the molecule is N#CCCN(CCC#N)C(=O)CSc1nccn1-c1cccc(Cl)c1.